The van der Waals surface area contributed by atoms with Crippen molar-refractivity contribution in [2.45, 2.75) is 0 Å². The molecule has 23 heavy (non-hydrogen) atoms. The molecule has 2 aromatic rings. The highest BCUT2D eigenvalue weighted by Crippen LogP contribution is 2.31. The molecule has 0 saturated heterocycles. The molecule has 2 aromatic carbocycles. The molecule has 0 amide bonds. The minimum absolute atomic E-state index is 0.333. The fraction of sp³-hybridized carbons (Fsp3) is 0.167. The predicted octanol–water partition coefficient (Wildman–Crippen LogP) is 4.31. The van der Waals surface area contributed by atoms with Gasteiger partial charge in [0.2, 0.25) is 0 Å². The second-order valence-corrected chi connectivity index (χ2v) is 5.05. The summed E-state index contributed by atoms with van der Waals surface area (Å²) in [6.07, 6.45) is 3.60. The summed E-state index contributed by atoms with van der Waals surface area (Å²) < 4.78 is 15.4. The van der Waals surface area contributed by atoms with Gasteiger partial charge in [-0.05, 0) is 23.3 Å². The number of methoxy groups -OCH3 is 3. The van der Waals surface area contributed by atoms with Gasteiger partial charge in [-0.3, -0.25) is 0 Å². The van der Waals surface area contributed by atoms with E-state index in [0.717, 1.165) is 5.56 Å². The van der Waals surface area contributed by atoms with Crippen molar-refractivity contribution in [2.75, 3.05) is 21.3 Å². The van der Waals surface area contributed by atoms with Gasteiger partial charge >= 0.3 is 5.97 Å². The Labute approximate surface area is 140 Å². The van der Waals surface area contributed by atoms with Crippen LogP contribution in [0.4, 0.5) is 0 Å². The Bertz CT molecular complexity index is 738. The topological polar surface area (TPSA) is 44.8 Å². The van der Waals surface area contributed by atoms with Crippen LogP contribution >= 0.6 is 11.6 Å². The van der Waals surface area contributed by atoms with Gasteiger partial charge in [-0.1, -0.05) is 42.0 Å². The van der Waals surface area contributed by atoms with E-state index in [2.05, 4.69) is 0 Å². The third-order valence-electron chi connectivity index (χ3n) is 3.30. The Balaban J connectivity index is 2.55. The summed E-state index contributed by atoms with van der Waals surface area (Å²) in [6.45, 7) is 0. The molecular weight excluding hydrogens is 316 g/mol. The average molecular weight is 333 g/mol. The Kier molecular flexibility index (Phi) is 5.66. The van der Waals surface area contributed by atoms with Crippen molar-refractivity contribution in [1.82, 2.24) is 0 Å². The SMILES string of the molecule is COC(=O)c1c(/C=C/c2ccccc2Cl)cc(OC)cc1OC. The molecule has 0 aliphatic rings. The largest absolute Gasteiger partial charge is 0.497 e. The number of carbonyl (C=O) groups excluding carboxylic acids is 1. The molecule has 0 aliphatic heterocycles. The van der Waals surface area contributed by atoms with Crippen LogP contribution in [0, 0.1) is 0 Å². The molecule has 0 heterocycles. The van der Waals surface area contributed by atoms with Crippen LogP contribution in [0.1, 0.15) is 21.5 Å². The fourth-order valence-electron chi connectivity index (χ4n) is 2.13. The van der Waals surface area contributed by atoms with E-state index in [0.29, 0.717) is 27.6 Å². The van der Waals surface area contributed by atoms with E-state index in [9.17, 15) is 4.79 Å². The molecule has 0 unspecified atom stereocenters. The third kappa shape index (κ3) is 3.85. The van der Waals surface area contributed by atoms with Crippen LogP contribution in [0.2, 0.25) is 5.02 Å². The Morgan fingerprint density at radius 3 is 2.30 bits per heavy atom. The Morgan fingerprint density at radius 2 is 1.70 bits per heavy atom. The maximum atomic E-state index is 12.1. The second-order valence-electron chi connectivity index (χ2n) is 4.64. The molecular formula is C18H17ClO4. The molecule has 4 nitrogen and oxygen atoms in total. The van der Waals surface area contributed by atoms with E-state index < -0.39 is 5.97 Å². The first-order valence-electron chi connectivity index (χ1n) is 6.87. The molecule has 0 bridgehead atoms. The van der Waals surface area contributed by atoms with Crippen molar-refractivity contribution < 1.29 is 19.0 Å². The van der Waals surface area contributed by atoms with Crippen LogP contribution in [-0.4, -0.2) is 27.3 Å². The van der Waals surface area contributed by atoms with Crippen LogP contribution in [0.5, 0.6) is 11.5 Å². The number of rotatable bonds is 5. The van der Waals surface area contributed by atoms with Crippen LogP contribution in [0.25, 0.3) is 12.2 Å². The van der Waals surface area contributed by atoms with Gasteiger partial charge in [0.05, 0.1) is 21.3 Å². The van der Waals surface area contributed by atoms with Crippen molar-refractivity contribution in [3.05, 3.63) is 58.1 Å². The maximum Gasteiger partial charge on any atom is 0.342 e. The zero-order chi connectivity index (χ0) is 16.8. The number of carbonyl (C=O) groups is 1. The lowest BCUT2D eigenvalue weighted by atomic mass is 10.0. The fourth-order valence-corrected chi connectivity index (χ4v) is 2.33. The van der Waals surface area contributed by atoms with Gasteiger partial charge in [0, 0.05) is 11.1 Å². The molecule has 5 heteroatoms. The molecule has 0 N–H and O–H groups in total. The molecule has 0 saturated carbocycles. The number of ether oxygens (including phenoxy) is 3. The van der Waals surface area contributed by atoms with Gasteiger partial charge in [0.25, 0.3) is 0 Å². The molecule has 0 atom stereocenters. The standard InChI is InChI=1S/C18H17ClO4/c1-21-14-10-13(9-8-12-6-4-5-7-15(12)19)17(18(20)23-3)16(11-14)22-2/h4-11H,1-3H3/b9-8+. The number of benzene rings is 2. The highest BCUT2D eigenvalue weighted by Gasteiger charge is 2.18. The zero-order valence-corrected chi connectivity index (χ0v) is 13.9. The summed E-state index contributed by atoms with van der Waals surface area (Å²) in [6, 6.07) is 10.8. The number of hydrogen-bond acceptors (Lipinski definition) is 4. The summed E-state index contributed by atoms with van der Waals surface area (Å²) in [5, 5.41) is 0.623. The van der Waals surface area contributed by atoms with E-state index in [4.69, 9.17) is 25.8 Å². The van der Waals surface area contributed by atoms with E-state index in [1.807, 2.05) is 24.3 Å². The summed E-state index contributed by atoms with van der Waals surface area (Å²) in [7, 11) is 4.37. The Morgan fingerprint density at radius 1 is 1.00 bits per heavy atom. The zero-order valence-electron chi connectivity index (χ0n) is 13.1. The first-order chi connectivity index (χ1) is 11.1. The highest BCUT2D eigenvalue weighted by atomic mass is 35.5. The molecule has 120 valence electrons. The van der Waals surface area contributed by atoms with Crippen molar-refractivity contribution in [3.63, 3.8) is 0 Å². The van der Waals surface area contributed by atoms with Crippen LogP contribution in [0.3, 0.4) is 0 Å². The quantitative estimate of drug-likeness (QED) is 0.604. The maximum absolute atomic E-state index is 12.1. The summed E-state index contributed by atoms with van der Waals surface area (Å²) in [4.78, 5) is 12.1. The monoisotopic (exact) mass is 332 g/mol. The number of hydrogen-bond donors (Lipinski definition) is 0. The normalized spacial score (nSPS) is 10.6. The first kappa shape index (κ1) is 16.9. The minimum atomic E-state index is -0.483. The second kappa shape index (κ2) is 7.70. The molecule has 0 radical (unpaired) electrons. The van der Waals surface area contributed by atoms with Gasteiger partial charge in [0.1, 0.15) is 17.1 Å². The lowest BCUT2D eigenvalue weighted by Gasteiger charge is -2.12. The highest BCUT2D eigenvalue weighted by molar-refractivity contribution is 6.32. The molecule has 0 fully saturated rings. The van der Waals surface area contributed by atoms with Crippen molar-refractivity contribution >= 4 is 29.7 Å². The smallest absolute Gasteiger partial charge is 0.342 e. The summed E-state index contributed by atoms with van der Waals surface area (Å²) >= 11 is 6.14. The summed E-state index contributed by atoms with van der Waals surface area (Å²) in [5.74, 6) is 0.478. The van der Waals surface area contributed by atoms with Crippen LogP contribution < -0.4 is 9.47 Å². The Hall–Kier alpha value is -2.46. The van der Waals surface area contributed by atoms with Gasteiger partial charge in [-0.15, -0.1) is 0 Å². The van der Waals surface area contributed by atoms with Crippen molar-refractivity contribution in [1.29, 1.82) is 0 Å². The van der Waals surface area contributed by atoms with Gasteiger partial charge < -0.3 is 14.2 Å². The van der Waals surface area contributed by atoms with Crippen molar-refractivity contribution in [2.24, 2.45) is 0 Å². The van der Waals surface area contributed by atoms with E-state index in [1.54, 1.807) is 31.4 Å². The van der Waals surface area contributed by atoms with Gasteiger partial charge in [-0.2, -0.15) is 0 Å². The van der Waals surface area contributed by atoms with Crippen LogP contribution in [-0.2, 0) is 4.74 Å². The minimum Gasteiger partial charge on any atom is -0.497 e. The number of halogens is 1. The number of esters is 1. The third-order valence-corrected chi connectivity index (χ3v) is 3.64. The lowest BCUT2D eigenvalue weighted by molar-refractivity contribution is 0.0597. The molecule has 2 rings (SSSR count). The summed E-state index contributed by atoms with van der Waals surface area (Å²) in [5.41, 5.74) is 1.79. The van der Waals surface area contributed by atoms with E-state index in [1.165, 1.54) is 14.2 Å². The molecule has 0 aliphatic carbocycles. The first-order valence-corrected chi connectivity index (χ1v) is 7.25. The average Bonchev–Trinajstić information content (AvgIpc) is 2.59. The predicted molar refractivity (Wildman–Crippen MR) is 91.3 cm³/mol. The van der Waals surface area contributed by atoms with Gasteiger partial charge in [-0.25, -0.2) is 4.79 Å². The molecule has 0 spiro atoms. The lowest BCUT2D eigenvalue weighted by Crippen LogP contribution is -2.07. The van der Waals surface area contributed by atoms with E-state index in [-0.39, 0.29) is 0 Å². The van der Waals surface area contributed by atoms with Gasteiger partial charge in [0.15, 0.2) is 0 Å². The molecule has 0 aromatic heterocycles. The van der Waals surface area contributed by atoms with E-state index >= 15 is 0 Å². The van der Waals surface area contributed by atoms with Crippen molar-refractivity contribution in [3.8, 4) is 11.5 Å². The van der Waals surface area contributed by atoms with Crippen LogP contribution in [0.15, 0.2) is 36.4 Å².